The average molecular weight is 152 g/mol. The van der Waals surface area contributed by atoms with E-state index in [2.05, 4.69) is 24.9 Å². The Labute approximate surface area is 68.9 Å². The van der Waals surface area contributed by atoms with Crippen molar-refractivity contribution in [1.82, 2.24) is 5.32 Å². The summed E-state index contributed by atoms with van der Waals surface area (Å²) in [5, 5.41) is 11.7. The smallest absolute Gasteiger partial charge is 0.0638 e. The maximum Gasteiger partial charge on any atom is 0.0638 e. The zero-order chi connectivity index (χ0) is 8.53. The SMILES string of the molecule is C=CCCNC(CC)CC#N. The zero-order valence-electron chi connectivity index (χ0n) is 7.14. The molecule has 1 N–H and O–H groups in total. The molecule has 0 spiro atoms. The second-order valence-corrected chi connectivity index (χ2v) is 2.50. The minimum absolute atomic E-state index is 0.361. The van der Waals surface area contributed by atoms with Crippen molar-refractivity contribution in [2.45, 2.75) is 32.2 Å². The normalized spacial score (nSPS) is 12.0. The molecule has 0 fully saturated rings. The molecule has 0 aliphatic heterocycles. The molecule has 0 aromatic heterocycles. The molecule has 62 valence electrons. The molecule has 11 heavy (non-hydrogen) atoms. The van der Waals surface area contributed by atoms with E-state index in [1.807, 2.05) is 6.08 Å². The lowest BCUT2D eigenvalue weighted by Gasteiger charge is -2.11. The minimum atomic E-state index is 0.361. The highest BCUT2D eigenvalue weighted by Gasteiger charge is 2.01. The summed E-state index contributed by atoms with van der Waals surface area (Å²) in [6, 6.07) is 2.52. The van der Waals surface area contributed by atoms with Crippen molar-refractivity contribution in [2.24, 2.45) is 0 Å². The number of hydrogen-bond donors (Lipinski definition) is 1. The van der Waals surface area contributed by atoms with Crippen LogP contribution in [0.5, 0.6) is 0 Å². The molecule has 2 heteroatoms. The van der Waals surface area contributed by atoms with Crippen LogP contribution >= 0.6 is 0 Å². The summed E-state index contributed by atoms with van der Waals surface area (Å²) in [6.07, 6.45) is 4.48. The van der Waals surface area contributed by atoms with Crippen LogP contribution in [-0.4, -0.2) is 12.6 Å². The van der Waals surface area contributed by atoms with Crippen molar-refractivity contribution in [3.63, 3.8) is 0 Å². The van der Waals surface area contributed by atoms with Crippen molar-refractivity contribution >= 4 is 0 Å². The van der Waals surface area contributed by atoms with E-state index in [1.54, 1.807) is 0 Å². The number of nitrogens with one attached hydrogen (secondary N) is 1. The van der Waals surface area contributed by atoms with Crippen LogP contribution in [0.2, 0.25) is 0 Å². The molecule has 0 aliphatic rings. The minimum Gasteiger partial charge on any atom is -0.313 e. The van der Waals surface area contributed by atoms with Gasteiger partial charge in [0.1, 0.15) is 0 Å². The summed E-state index contributed by atoms with van der Waals surface area (Å²) in [6.45, 7) is 6.64. The topological polar surface area (TPSA) is 35.8 Å². The molecule has 0 aromatic carbocycles. The summed E-state index contributed by atoms with van der Waals surface area (Å²) in [5.41, 5.74) is 0. The summed E-state index contributed by atoms with van der Waals surface area (Å²) in [5.74, 6) is 0. The van der Waals surface area contributed by atoms with Gasteiger partial charge in [0, 0.05) is 6.04 Å². The maximum atomic E-state index is 8.41. The van der Waals surface area contributed by atoms with Crippen molar-refractivity contribution in [3.8, 4) is 6.07 Å². The van der Waals surface area contributed by atoms with Crippen LogP contribution in [0.25, 0.3) is 0 Å². The zero-order valence-corrected chi connectivity index (χ0v) is 7.14. The Morgan fingerprint density at radius 1 is 1.73 bits per heavy atom. The number of nitriles is 1. The van der Waals surface area contributed by atoms with Gasteiger partial charge >= 0.3 is 0 Å². The van der Waals surface area contributed by atoms with E-state index in [0.717, 1.165) is 19.4 Å². The van der Waals surface area contributed by atoms with Gasteiger partial charge in [0.25, 0.3) is 0 Å². The number of rotatable bonds is 6. The standard InChI is InChI=1S/C9H16N2/c1-3-5-8-11-9(4-2)6-7-10/h3,9,11H,1,4-6,8H2,2H3. The van der Waals surface area contributed by atoms with E-state index in [0.29, 0.717) is 12.5 Å². The second kappa shape index (κ2) is 7.30. The van der Waals surface area contributed by atoms with Crippen molar-refractivity contribution in [2.75, 3.05) is 6.54 Å². The molecule has 0 radical (unpaired) electrons. The lowest BCUT2D eigenvalue weighted by Crippen LogP contribution is -2.28. The Kier molecular flexibility index (Phi) is 6.76. The summed E-state index contributed by atoms with van der Waals surface area (Å²) in [4.78, 5) is 0. The largest absolute Gasteiger partial charge is 0.313 e. The molecule has 0 saturated carbocycles. The van der Waals surface area contributed by atoms with Crippen LogP contribution in [0.1, 0.15) is 26.2 Å². The van der Waals surface area contributed by atoms with Gasteiger partial charge in [0.15, 0.2) is 0 Å². The van der Waals surface area contributed by atoms with Crippen LogP contribution in [0.3, 0.4) is 0 Å². The molecular formula is C9H16N2. The third kappa shape index (κ3) is 5.63. The van der Waals surface area contributed by atoms with Crippen molar-refractivity contribution in [3.05, 3.63) is 12.7 Å². The first-order valence-corrected chi connectivity index (χ1v) is 4.06. The lowest BCUT2D eigenvalue weighted by molar-refractivity contribution is 0.511. The Balaban J connectivity index is 3.36. The van der Waals surface area contributed by atoms with E-state index >= 15 is 0 Å². The highest BCUT2D eigenvalue weighted by molar-refractivity contribution is 4.80. The quantitative estimate of drug-likeness (QED) is 0.465. The molecule has 0 bridgehead atoms. The first kappa shape index (κ1) is 10.2. The summed E-state index contributed by atoms with van der Waals surface area (Å²) in [7, 11) is 0. The molecule has 0 amide bonds. The van der Waals surface area contributed by atoms with Crippen LogP contribution < -0.4 is 5.32 Å². The third-order valence-corrected chi connectivity index (χ3v) is 1.61. The first-order chi connectivity index (χ1) is 5.35. The fourth-order valence-corrected chi connectivity index (χ4v) is 0.861. The predicted molar refractivity (Wildman–Crippen MR) is 47.1 cm³/mol. The van der Waals surface area contributed by atoms with Gasteiger partial charge in [-0.25, -0.2) is 0 Å². The summed E-state index contributed by atoms with van der Waals surface area (Å²) < 4.78 is 0. The third-order valence-electron chi connectivity index (χ3n) is 1.61. The fraction of sp³-hybridized carbons (Fsp3) is 0.667. The van der Waals surface area contributed by atoms with Crippen LogP contribution in [-0.2, 0) is 0 Å². The van der Waals surface area contributed by atoms with Gasteiger partial charge in [-0.05, 0) is 19.4 Å². The van der Waals surface area contributed by atoms with E-state index in [-0.39, 0.29) is 0 Å². The van der Waals surface area contributed by atoms with E-state index < -0.39 is 0 Å². The van der Waals surface area contributed by atoms with Gasteiger partial charge in [0.2, 0.25) is 0 Å². The van der Waals surface area contributed by atoms with E-state index in [9.17, 15) is 0 Å². The highest BCUT2D eigenvalue weighted by atomic mass is 14.9. The molecule has 2 nitrogen and oxygen atoms in total. The molecule has 0 aliphatic carbocycles. The highest BCUT2D eigenvalue weighted by Crippen LogP contribution is 1.95. The van der Waals surface area contributed by atoms with Gasteiger partial charge in [-0.15, -0.1) is 6.58 Å². The molecule has 0 rings (SSSR count). The second-order valence-electron chi connectivity index (χ2n) is 2.50. The molecule has 1 atom stereocenters. The van der Waals surface area contributed by atoms with Gasteiger partial charge < -0.3 is 5.32 Å². The van der Waals surface area contributed by atoms with Gasteiger partial charge in [-0.2, -0.15) is 5.26 Å². The van der Waals surface area contributed by atoms with Gasteiger partial charge in [-0.3, -0.25) is 0 Å². The first-order valence-electron chi connectivity index (χ1n) is 4.06. The van der Waals surface area contributed by atoms with E-state index in [1.165, 1.54) is 0 Å². The molecule has 0 heterocycles. The number of nitrogens with zero attached hydrogens (tertiary/aromatic N) is 1. The van der Waals surface area contributed by atoms with Crippen molar-refractivity contribution < 1.29 is 0 Å². The van der Waals surface area contributed by atoms with Crippen LogP contribution in [0, 0.1) is 11.3 Å². The molecule has 0 aromatic rings. The van der Waals surface area contributed by atoms with E-state index in [4.69, 9.17) is 5.26 Å². The molecule has 1 unspecified atom stereocenters. The Hall–Kier alpha value is -0.810. The van der Waals surface area contributed by atoms with Crippen molar-refractivity contribution in [1.29, 1.82) is 5.26 Å². The predicted octanol–water partition coefficient (Wildman–Crippen LogP) is 1.84. The Morgan fingerprint density at radius 3 is 2.91 bits per heavy atom. The van der Waals surface area contributed by atoms with Crippen LogP contribution in [0.4, 0.5) is 0 Å². The van der Waals surface area contributed by atoms with Gasteiger partial charge in [0.05, 0.1) is 12.5 Å². The monoisotopic (exact) mass is 152 g/mol. The summed E-state index contributed by atoms with van der Waals surface area (Å²) >= 11 is 0. The Bertz CT molecular complexity index is 135. The van der Waals surface area contributed by atoms with Crippen LogP contribution in [0.15, 0.2) is 12.7 Å². The molecular weight excluding hydrogens is 136 g/mol. The average Bonchev–Trinajstić information content (AvgIpc) is 2.03. The Morgan fingerprint density at radius 2 is 2.45 bits per heavy atom. The fourth-order valence-electron chi connectivity index (χ4n) is 0.861. The maximum absolute atomic E-state index is 8.41. The lowest BCUT2D eigenvalue weighted by atomic mass is 10.1. The van der Waals surface area contributed by atoms with Gasteiger partial charge in [-0.1, -0.05) is 13.0 Å². The molecule has 0 saturated heterocycles. The number of hydrogen-bond acceptors (Lipinski definition) is 2.